The van der Waals surface area contributed by atoms with E-state index in [0.717, 1.165) is 0 Å². The minimum absolute atomic E-state index is 0.0983. The lowest BCUT2D eigenvalue weighted by Gasteiger charge is -2.06. The highest BCUT2D eigenvalue weighted by Gasteiger charge is 2.18. The fraction of sp³-hybridized carbons (Fsp3) is 0.0714. The van der Waals surface area contributed by atoms with Crippen LogP contribution in [0.4, 0.5) is 4.39 Å². The van der Waals surface area contributed by atoms with Crippen molar-refractivity contribution in [1.82, 2.24) is 9.55 Å². The molecule has 0 amide bonds. The zero-order valence-electron chi connectivity index (χ0n) is 10.1. The molecule has 0 aliphatic carbocycles. The van der Waals surface area contributed by atoms with Crippen molar-refractivity contribution in [2.75, 3.05) is 0 Å². The first kappa shape index (κ1) is 11.5. The van der Waals surface area contributed by atoms with E-state index in [-0.39, 0.29) is 22.6 Å². The second-order valence-electron chi connectivity index (χ2n) is 4.27. The van der Waals surface area contributed by atoms with E-state index in [0.29, 0.717) is 11.3 Å². The van der Waals surface area contributed by atoms with Crippen molar-refractivity contribution in [2.45, 2.75) is 0 Å². The Labute approximate surface area is 108 Å². The molecule has 0 saturated heterocycles. The molecule has 3 aromatic rings. The van der Waals surface area contributed by atoms with Gasteiger partial charge in [-0.15, -0.1) is 0 Å². The first-order valence-electron chi connectivity index (χ1n) is 5.72. The molecule has 1 heterocycles. The van der Waals surface area contributed by atoms with Gasteiger partial charge >= 0.3 is 0 Å². The van der Waals surface area contributed by atoms with Crippen molar-refractivity contribution >= 4 is 11.0 Å². The van der Waals surface area contributed by atoms with Gasteiger partial charge in [0.15, 0.2) is 5.82 Å². The van der Waals surface area contributed by atoms with Crippen molar-refractivity contribution < 1.29 is 14.6 Å². The third kappa shape index (κ3) is 1.62. The van der Waals surface area contributed by atoms with Crippen molar-refractivity contribution in [3.05, 3.63) is 42.2 Å². The van der Waals surface area contributed by atoms with Gasteiger partial charge in [-0.25, -0.2) is 9.37 Å². The Morgan fingerprint density at radius 2 is 1.68 bits per heavy atom. The van der Waals surface area contributed by atoms with E-state index < -0.39 is 5.82 Å². The molecule has 0 spiro atoms. The molecule has 0 bridgehead atoms. The number of halogens is 1. The largest absolute Gasteiger partial charge is 0.507 e. The van der Waals surface area contributed by atoms with Crippen molar-refractivity contribution in [2.24, 2.45) is 7.05 Å². The topological polar surface area (TPSA) is 58.3 Å². The van der Waals surface area contributed by atoms with Crippen LogP contribution >= 0.6 is 0 Å². The molecule has 2 N–H and O–H groups in total. The monoisotopic (exact) mass is 258 g/mol. The van der Waals surface area contributed by atoms with Crippen LogP contribution in [-0.4, -0.2) is 19.8 Å². The summed E-state index contributed by atoms with van der Waals surface area (Å²) in [5, 5.41) is 19.7. The summed E-state index contributed by atoms with van der Waals surface area (Å²) in [6, 6.07) is 9.07. The molecular weight excluding hydrogens is 247 g/mol. The average molecular weight is 258 g/mol. The Morgan fingerprint density at radius 1 is 1.05 bits per heavy atom. The predicted molar refractivity (Wildman–Crippen MR) is 69.4 cm³/mol. The van der Waals surface area contributed by atoms with Crippen LogP contribution in [0.1, 0.15) is 0 Å². The lowest BCUT2D eigenvalue weighted by Crippen LogP contribution is -1.93. The van der Waals surface area contributed by atoms with Crippen LogP contribution in [0.15, 0.2) is 36.4 Å². The number of phenolic OH excluding ortho intramolecular Hbond substituents is 2. The number of aryl methyl sites for hydroxylation is 1. The van der Waals surface area contributed by atoms with Gasteiger partial charge in [-0.1, -0.05) is 12.1 Å². The van der Waals surface area contributed by atoms with Gasteiger partial charge in [0.2, 0.25) is 0 Å². The van der Waals surface area contributed by atoms with Crippen LogP contribution in [0.25, 0.3) is 22.4 Å². The maximum Gasteiger partial charge on any atom is 0.151 e. The maximum absolute atomic E-state index is 13.7. The fourth-order valence-electron chi connectivity index (χ4n) is 2.16. The maximum atomic E-state index is 13.7. The predicted octanol–water partition coefficient (Wildman–Crippen LogP) is 2.79. The second-order valence-corrected chi connectivity index (χ2v) is 4.27. The fourth-order valence-corrected chi connectivity index (χ4v) is 2.16. The van der Waals surface area contributed by atoms with E-state index in [2.05, 4.69) is 4.98 Å². The summed E-state index contributed by atoms with van der Waals surface area (Å²) < 4.78 is 15.3. The van der Waals surface area contributed by atoms with Gasteiger partial charge < -0.3 is 14.8 Å². The smallest absolute Gasteiger partial charge is 0.151 e. The Kier molecular flexibility index (Phi) is 2.41. The standard InChI is InChI=1S/C14H11FN2O2/c1-17-9-5-2-4-8(15)13(9)16-14(17)12-10(18)6-3-7-11(12)19/h2-7,18-19H,1H3. The Bertz CT molecular complexity index is 760. The highest BCUT2D eigenvalue weighted by molar-refractivity contribution is 5.83. The summed E-state index contributed by atoms with van der Waals surface area (Å²) in [4.78, 5) is 4.17. The first-order chi connectivity index (χ1) is 9.09. The highest BCUT2D eigenvalue weighted by atomic mass is 19.1. The lowest BCUT2D eigenvalue weighted by atomic mass is 10.1. The Morgan fingerprint density at radius 3 is 2.32 bits per heavy atom. The van der Waals surface area contributed by atoms with Crippen LogP contribution in [-0.2, 0) is 7.05 Å². The van der Waals surface area contributed by atoms with Crippen LogP contribution in [0.3, 0.4) is 0 Å². The molecule has 5 heteroatoms. The summed E-state index contributed by atoms with van der Waals surface area (Å²) >= 11 is 0. The average Bonchev–Trinajstić information content (AvgIpc) is 2.69. The second kappa shape index (κ2) is 3.98. The van der Waals surface area contributed by atoms with E-state index in [1.54, 1.807) is 23.7 Å². The number of para-hydroxylation sites is 1. The molecule has 0 fully saturated rings. The molecule has 4 nitrogen and oxygen atoms in total. The molecule has 0 aliphatic heterocycles. The number of nitrogens with zero attached hydrogens (tertiary/aromatic N) is 2. The minimum atomic E-state index is -0.436. The summed E-state index contributed by atoms with van der Waals surface area (Å²) in [6.07, 6.45) is 0. The number of hydrogen-bond donors (Lipinski definition) is 2. The van der Waals surface area contributed by atoms with Crippen molar-refractivity contribution in [1.29, 1.82) is 0 Å². The third-order valence-corrected chi connectivity index (χ3v) is 3.11. The molecule has 96 valence electrons. The van der Waals surface area contributed by atoms with Gasteiger partial charge in [0.25, 0.3) is 0 Å². The minimum Gasteiger partial charge on any atom is -0.507 e. The van der Waals surface area contributed by atoms with Gasteiger partial charge in [-0.3, -0.25) is 0 Å². The Hall–Kier alpha value is -2.56. The number of aromatic nitrogens is 2. The van der Waals surface area contributed by atoms with Gasteiger partial charge in [0, 0.05) is 7.05 Å². The van der Waals surface area contributed by atoms with Gasteiger partial charge in [-0.05, 0) is 24.3 Å². The number of fused-ring (bicyclic) bond motifs is 1. The van der Waals surface area contributed by atoms with Crippen molar-refractivity contribution in [3.63, 3.8) is 0 Å². The SMILES string of the molecule is Cn1c(-c2c(O)cccc2O)nc2c(F)cccc21. The van der Waals surface area contributed by atoms with E-state index in [1.165, 1.54) is 24.3 Å². The molecule has 3 rings (SSSR count). The number of benzene rings is 2. The normalized spacial score (nSPS) is 11.1. The number of aromatic hydroxyl groups is 2. The number of imidazole rings is 1. The van der Waals surface area contributed by atoms with Crippen LogP contribution in [0, 0.1) is 5.82 Å². The van der Waals surface area contributed by atoms with E-state index >= 15 is 0 Å². The summed E-state index contributed by atoms with van der Waals surface area (Å²) in [7, 11) is 1.70. The lowest BCUT2D eigenvalue weighted by molar-refractivity contribution is 0.453. The van der Waals surface area contributed by atoms with Crippen LogP contribution in [0.2, 0.25) is 0 Å². The molecule has 1 aromatic heterocycles. The molecular formula is C14H11FN2O2. The van der Waals surface area contributed by atoms with Gasteiger partial charge in [-0.2, -0.15) is 0 Å². The number of rotatable bonds is 1. The van der Waals surface area contributed by atoms with E-state index in [9.17, 15) is 14.6 Å². The molecule has 0 atom stereocenters. The number of hydrogen-bond acceptors (Lipinski definition) is 3. The molecule has 0 unspecified atom stereocenters. The Balaban J connectivity index is 2.38. The van der Waals surface area contributed by atoms with E-state index in [1.807, 2.05) is 0 Å². The molecule has 0 aliphatic rings. The van der Waals surface area contributed by atoms with Gasteiger partial charge in [0.05, 0.1) is 5.52 Å². The molecule has 2 aromatic carbocycles. The van der Waals surface area contributed by atoms with Crippen LogP contribution < -0.4 is 0 Å². The van der Waals surface area contributed by atoms with E-state index in [4.69, 9.17) is 0 Å². The quantitative estimate of drug-likeness (QED) is 0.705. The molecule has 0 saturated carbocycles. The first-order valence-corrected chi connectivity index (χ1v) is 5.72. The summed E-state index contributed by atoms with van der Waals surface area (Å²) in [5.41, 5.74) is 1.00. The zero-order chi connectivity index (χ0) is 13.6. The number of phenols is 2. The molecule has 19 heavy (non-hydrogen) atoms. The summed E-state index contributed by atoms with van der Waals surface area (Å²) in [5.74, 6) is -0.317. The van der Waals surface area contributed by atoms with Crippen molar-refractivity contribution in [3.8, 4) is 22.9 Å². The summed E-state index contributed by atoms with van der Waals surface area (Å²) in [6.45, 7) is 0. The van der Waals surface area contributed by atoms with Crippen LogP contribution in [0.5, 0.6) is 11.5 Å². The highest BCUT2D eigenvalue weighted by Crippen LogP contribution is 2.37. The third-order valence-electron chi connectivity index (χ3n) is 3.11. The van der Waals surface area contributed by atoms with Gasteiger partial charge in [0.1, 0.15) is 28.4 Å². The molecule has 0 radical (unpaired) electrons. The zero-order valence-corrected chi connectivity index (χ0v) is 10.1.